The molecule has 0 aromatic heterocycles. The maximum absolute atomic E-state index is 5.63. The maximum atomic E-state index is 5.63. The van der Waals surface area contributed by atoms with Crippen molar-refractivity contribution in [2.45, 2.75) is 36.0 Å². The highest BCUT2D eigenvalue weighted by Gasteiger charge is 2.09. The summed E-state index contributed by atoms with van der Waals surface area (Å²) in [6.45, 7) is 0.634. The lowest BCUT2D eigenvalue weighted by Gasteiger charge is -2.15. The first kappa shape index (κ1) is 10.8. The van der Waals surface area contributed by atoms with E-state index in [-0.39, 0.29) is 0 Å². The van der Waals surface area contributed by atoms with Crippen LogP contribution in [0.25, 0.3) is 0 Å². The summed E-state index contributed by atoms with van der Waals surface area (Å²) >= 11 is 1.95. The SMILES string of the molecule is NCc1cccc(SC2C=CCCC2)c1. The predicted octanol–water partition coefficient (Wildman–Crippen LogP) is 3.35. The number of hydrogen-bond donors (Lipinski definition) is 1. The molecular weight excluding hydrogens is 202 g/mol. The average molecular weight is 219 g/mol. The molecule has 1 aliphatic rings. The van der Waals surface area contributed by atoms with E-state index in [0.717, 1.165) is 0 Å². The van der Waals surface area contributed by atoms with E-state index in [9.17, 15) is 0 Å². The fourth-order valence-electron chi connectivity index (χ4n) is 1.80. The molecule has 0 saturated heterocycles. The Bertz CT molecular complexity index is 346. The second kappa shape index (κ2) is 5.38. The molecule has 1 aromatic rings. The van der Waals surface area contributed by atoms with Gasteiger partial charge in [0.15, 0.2) is 0 Å². The molecule has 0 aliphatic heterocycles. The normalized spacial score (nSPS) is 20.5. The minimum atomic E-state index is 0.634. The number of benzene rings is 1. The Morgan fingerprint density at radius 1 is 1.40 bits per heavy atom. The molecule has 0 fully saturated rings. The van der Waals surface area contributed by atoms with E-state index >= 15 is 0 Å². The van der Waals surface area contributed by atoms with Crippen LogP contribution in [-0.2, 0) is 6.54 Å². The van der Waals surface area contributed by atoms with Crippen molar-refractivity contribution >= 4 is 11.8 Å². The van der Waals surface area contributed by atoms with Crippen LogP contribution in [0.2, 0.25) is 0 Å². The van der Waals surface area contributed by atoms with Gasteiger partial charge in [-0.25, -0.2) is 0 Å². The van der Waals surface area contributed by atoms with Gasteiger partial charge in [-0.3, -0.25) is 0 Å². The molecule has 1 nitrogen and oxygen atoms in total. The first-order chi connectivity index (χ1) is 7.38. The Kier molecular flexibility index (Phi) is 3.87. The predicted molar refractivity (Wildman–Crippen MR) is 67.0 cm³/mol. The Balaban J connectivity index is 2.03. The molecule has 1 aliphatic carbocycles. The standard InChI is InChI=1S/C13H17NS/c14-10-11-5-4-8-13(9-11)15-12-6-2-1-3-7-12/h2,4-6,8-9,12H,1,3,7,10,14H2. The third kappa shape index (κ3) is 3.11. The first-order valence-electron chi connectivity index (χ1n) is 5.51. The zero-order valence-electron chi connectivity index (χ0n) is 8.86. The third-order valence-corrected chi connectivity index (χ3v) is 3.85. The summed E-state index contributed by atoms with van der Waals surface area (Å²) in [4.78, 5) is 1.34. The molecule has 0 amide bonds. The molecule has 2 rings (SSSR count). The van der Waals surface area contributed by atoms with Crippen LogP contribution < -0.4 is 5.73 Å². The third-order valence-electron chi connectivity index (χ3n) is 2.63. The summed E-state index contributed by atoms with van der Waals surface area (Å²) in [5, 5.41) is 0.659. The van der Waals surface area contributed by atoms with E-state index in [0.29, 0.717) is 11.8 Å². The van der Waals surface area contributed by atoms with Gasteiger partial charge in [-0.05, 0) is 37.0 Å². The quantitative estimate of drug-likeness (QED) is 0.789. The second-order valence-corrected chi connectivity index (χ2v) is 5.18. The van der Waals surface area contributed by atoms with Crippen molar-refractivity contribution in [3.05, 3.63) is 42.0 Å². The Morgan fingerprint density at radius 2 is 2.33 bits per heavy atom. The van der Waals surface area contributed by atoms with Crippen molar-refractivity contribution in [1.29, 1.82) is 0 Å². The van der Waals surface area contributed by atoms with Crippen LogP contribution in [0.3, 0.4) is 0 Å². The van der Waals surface area contributed by atoms with Crippen molar-refractivity contribution in [3.8, 4) is 0 Å². The molecule has 0 saturated carbocycles. The highest BCUT2D eigenvalue weighted by atomic mass is 32.2. The molecule has 80 valence electrons. The zero-order valence-corrected chi connectivity index (χ0v) is 9.67. The summed E-state index contributed by atoms with van der Waals surface area (Å²) in [6.07, 6.45) is 8.51. The minimum absolute atomic E-state index is 0.634. The van der Waals surface area contributed by atoms with Gasteiger partial charge in [0.25, 0.3) is 0 Å². The van der Waals surface area contributed by atoms with Crippen LogP contribution in [0.5, 0.6) is 0 Å². The number of hydrogen-bond acceptors (Lipinski definition) is 2. The Morgan fingerprint density at radius 3 is 3.07 bits per heavy atom. The van der Waals surface area contributed by atoms with Gasteiger partial charge in [0, 0.05) is 16.7 Å². The molecule has 15 heavy (non-hydrogen) atoms. The monoisotopic (exact) mass is 219 g/mol. The van der Waals surface area contributed by atoms with Gasteiger partial charge in [-0.2, -0.15) is 0 Å². The van der Waals surface area contributed by atoms with E-state index in [1.807, 2.05) is 11.8 Å². The molecule has 2 N–H and O–H groups in total. The molecule has 0 spiro atoms. The van der Waals surface area contributed by atoms with Gasteiger partial charge in [-0.1, -0.05) is 24.3 Å². The Hall–Kier alpha value is -0.730. The molecule has 1 unspecified atom stereocenters. The van der Waals surface area contributed by atoms with Crippen LogP contribution in [-0.4, -0.2) is 5.25 Å². The van der Waals surface area contributed by atoms with Gasteiger partial charge in [0.1, 0.15) is 0 Å². The van der Waals surface area contributed by atoms with Crippen LogP contribution in [0, 0.1) is 0 Å². The zero-order chi connectivity index (χ0) is 10.5. The highest BCUT2D eigenvalue weighted by Crippen LogP contribution is 2.30. The molecule has 1 aromatic carbocycles. The lowest BCUT2D eigenvalue weighted by Crippen LogP contribution is -2.02. The van der Waals surface area contributed by atoms with Crippen LogP contribution in [0.15, 0.2) is 41.3 Å². The summed E-state index contributed by atoms with van der Waals surface area (Å²) in [6, 6.07) is 8.55. The largest absolute Gasteiger partial charge is 0.326 e. The van der Waals surface area contributed by atoms with E-state index in [2.05, 4.69) is 36.4 Å². The van der Waals surface area contributed by atoms with Gasteiger partial charge in [-0.15, -0.1) is 11.8 Å². The molecule has 1 atom stereocenters. The molecule has 2 heteroatoms. The van der Waals surface area contributed by atoms with Gasteiger partial charge in [0.05, 0.1) is 0 Å². The van der Waals surface area contributed by atoms with Gasteiger partial charge < -0.3 is 5.73 Å². The number of thioether (sulfide) groups is 1. The smallest absolute Gasteiger partial charge is 0.0274 e. The summed E-state index contributed by atoms with van der Waals surface area (Å²) in [5.41, 5.74) is 6.85. The lowest BCUT2D eigenvalue weighted by atomic mass is 10.1. The summed E-state index contributed by atoms with van der Waals surface area (Å²) < 4.78 is 0. The van der Waals surface area contributed by atoms with Gasteiger partial charge >= 0.3 is 0 Å². The molecule has 0 bridgehead atoms. The molecule has 0 radical (unpaired) electrons. The topological polar surface area (TPSA) is 26.0 Å². The van der Waals surface area contributed by atoms with Crippen molar-refractivity contribution in [3.63, 3.8) is 0 Å². The van der Waals surface area contributed by atoms with Crippen molar-refractivity contribution in [2.75, 3.05) is 0 Å². The number of nitrogens with two attached hydrogens (primary N) is 1. The van der Waals surface area contributed by atoms with Crippen LogP contribution in [0.1, 0.15) is 24.8 Å². The number of allylic oxidation sites excluding steroid dienone is 1. The van der Waals surface area contributed by atoms with E-state index in [1.54, 1.807) is 0 Å². The second-order valence-electron chi connectivity index (χ2n) is 3.87. The lowest BCUT2D eigenvalue weighted by molar-refractivity contribution is 0.741. The van der Waals surface area contributed by atoms with Gasteiger partial charge in [0.2, 0.25) is 0 Å². The fourth-order valence-corrected chi connectivity index (χ4v) is 3.00. The fraction of sp³-hybridized carbons (Fsp3) is 0.385. The molecule has 0 heterocycles. The van der Waals surface area contributed by atoms with Crippen LogP contribution in [0.4, 0.5) is 0 Å². The molecular formula is C13H17NS. The van der Waals surface area contributed by atoms with Crippen LogP contribution >= 0.6 is 11.8 Å². The van der Waals surface area contributed by atoms with E-state index in [1.165, 1.54) is 29.7 Å². The summed E-state index contributed by atoms with van der Waals surface area (Å²) in [7, 11) is 0. The minimum Gasteiger partial charge on any atom is -0.326 e. The number of rotatable bonds is 3. The maximum Gasteiger partial charge on any atom is 0.0274 e. The average Bonchev–Trinajstić information content (AvgIpc) is 2.31. The van der Waals surface area contributed by atoms with Crippen molar-refractivity contribution in [2.24, 2.45) is 5.73 Å². The first-order valence-corrected chi connectivity index (χ1v) is 6.39. The highest BCUT2D eigenvalue weighted by molar-refractivity contribution is 8.00. The van der Waals surface area contributed by atoms with E-state index in [4.69, 9.17) is 5.73 Å². The van der Waals surface area contributed by atoms with Crippen molar-refractivity contribution in [1.82, 2.24) is 0 Å². The van der Waals surface area contributed by atoms with Crippen molar-refractivity contribution < 1.29 is 0 Å². The Labute approximate surface area is 95.8 Å². The summed E-state index contributed by atoms with van der Waals surface area (Å²) in [5.74, 6) is 0. The van der Waals surface area contributed by atoms with E-state index < -0.39 is 0 Å².